The van der Waals surface area contributed by atoms with Crippen molar-refractivity contribution in [3.8, 4) is 0 Å². The van der Waals surface area contributed by atoms with Crippen LogP contribution in [0.2, 0.25) is 0 Å². The zero-order valence-electron chi connectivity index (χ0n) is 8.45. The zero-order valence-corrected chi connectivity index (χ0v) is 10.4. The van der Waals surface area contributed by atoms with Crippen LogP contribution in [0.3, 0.4) is 0 Å². The van der Waals surface area contributed by atoms with E-state index in [9.17, 15) is 0 Å². The van der Waals surface area contributed by atoms with Crippen molar-refractivity contribution in [2.24, 2.45) is 0 Å². The lowest BCUT2D eigenvalue weighted by Gasteiger charge is -2.17. The largest absolute Gasteiger partial charge is 0.389 e. The van der Waals surface area contributed by atoms with E-state index in [1.807, 2.05) is 0 Å². The van der Waals surface area contributed by atoms with Gasteiger partial charge in [0.2, 0.25) is 0 Å². The van der Waals surface area contributed by atoms with Crippen LogP contribution in [0.1, 0.15) is 0 Å². The Morgan fingerprint density at radius 3 is 0.857 bits per heavy atom. The summed E-state index contributed by atoms with van der Waals surface area (Å²) in [7, 11) is -0.497. The van der Waals surface area contributed by atoms with Gasteiger partial charge in [-0.1, -0.05) is 0 Å². The number of piperazine rings is 2. The van der Waals surface area contributed by atoms with Gasteiger partial charge in [-0.3, -0.25) is 0 Å². The third-order valence-corrected chi connectivity index (χ3v) is 13.5. The highest BCUT2D eigenvalue weighted by molar-refractivity contribution is 6.91. The number of hydrogen-bond donors (Lipinski definition) is 0. The van der Waals surface area contributed by atoms with Crippen molar-refractivity contribution >= 4 is 16.4 Å². The van der Waals surface area contributed by atoms with E-state index in [1.54, 1.807) is 0 Å². The average Bonchev–Trinajstić information content (AvgIpc) is 2.92. The molecule has 6 heteroatoms. The number of hydrogen-bond acceptors (Lipinski definition) is 4. The molecule has 0 radical (unpaired) electrons. The lowest BCUT2D eigenvalue weighted by molar-refractivity contribution is 0.382. The fourth-order valence-electron chi connectivity index (χ4n) is 3.23. The Hall–Kier alpha value is -0.366. The average molecular weight is 224 g/mol. The van der Waals surface area contributed by atoms with Gasteiger partial charge in [0.1, 0.15) is 0 Å². The molecule has 0 aromatic rings. The van der Waals surface area contributed by atoms with E-state index in [1.165, 1.54) is 52.4 Å². The van der Waals surface area contributed by atoms with E-state index in [0.29, 0.717) is 0 Å². The summed E-state index contributed by atoms with van der Waals surface area (Å²) in [5.41, 5.74) is 0. The van der Waals surface area contributed by atoms with E-state index in [0.717, 1.165) is 0 Å². The molecule has 0 aromatic heterocycles. The van der Waals surface area contributed by atoms with Gasteiger partial charge >= 0.3 is 0 Å². The normalized spacial score (nSPS) is 29.1. The van der Waals surface area contributed by atoms with Crippen molar-refractivity contribution in [2.75, 3.05) is 52.4 Å². The number of fused-ring (bicyclic) bond motifs is 4. The monoisotopic (exact) mass is 224 g/mol. The van der Waals surface area contributed by atoms with Gasteiger partial charge in [0.15, 0.2) is 0 Å². The second-order valence-corrected chi connectivity index (χ2v) is 11.1. The summed E-state index contributed by atoms with van der Waals surface area (Å²) < 4.78 is 11.3. The minimum Gasteiger partial charge on any atom is -0.389 e. The zero-order chi connectivity index (χ0) is 9.12. The second kappa shape index (κ2) is 2.60. The molecule has 0 saturated carbocycles. The Morgan fingerprint density at radius 1 is 0.429 bits per heavy atom. The molecule has 0 aliphatic carbocycles. The molecular formula is C8H16N4Si2. The molecule has 4 nitrogen and oxygen atoms in total. The van der Waals surface area contributed by atoms with Crippen LogP contribution in [0.25, 0.3) is 0 Å². The molecule has 0 aromatic carbocycles. The summed E-state index contributed by atoms with van der Waals surface area (Å²) in [5.74, 6) is 0. The highest BCUT2D eigenvalue weighted by Gasteiger charge is 2.43. The molecule has 14 heavy (non-hydrogen) atoms. The summed E-state index contributed by atoms with van der Waals surface area (Å²) in [6.07, 6.45) is 0. The topological polar surface area (TPSA) is 13.0 Å². The van der Waals surface area contributed by atoms with Crippen LogP contribution < -0.4 is 0 Å². The summed E-state index contributed by atoms with van der Waals surface area (Å²) >= 11 is 0. The van der Waals surface area contributed by atoms with Crippen molar-refractivity contribution < 1.29 is 0 Å². The van der Waals surface area contributed by atoms with Gasteiger partial charge in [0.05, 0.1) is 0 Å². The van der Waals surface area contributed by atoms with Crippen LogP contribution >= 0.6 is 0 Å². The Morgan fingerprint density at radius 2 is 0.643 bits per heavy atom. The Labute approximate surface area is 87.5 Å². The van der Waals surface area contributed by atoms with Gasteiger partial charge in [-0.2, -0.15) is 0 Å². The van der Waals surface area contributed by atoms with Crippen LogP contribution in [0, 0.1) is 0 Å². The molecule has 4 aliphatic heterocycles. The molecule has 4 fully saturated rings. The van der Waals surface area contributed by atoms with Gasteiger partial charge < -0.3 is 18.3 Å². The third-order valence-electron chi connectivity index (χ3n) is 3.96. The maximum absolute atomic E-state index is 2.83. The molecule has 0 atom stereocenters. The molecule has 0 N–H and O–H groups in total. The molecule has 4 heterocycles. The van der Waals surface area contributed by atoms with Crippen LogP contribution in [0.15, 0.2) is 0 Å². The SMILES string of the molecule is C1CN2CCN1[Si]2=[Si]1N2CCN1CC2. The molecule has 4 aliphatic rings. The molecule has 0 unspecified atom stereocenters. The maximum atomic E-state index is 2.83. The highest BCUT2D eigenvalue weighted by Crippen LogP contribution is 2.20. The smallest absolute Gasteiger partial charge is 0.267 e. The standard InChI is InChI=1S/C8H16N4Si2/c1-2-10-4-3-9(1)13(10)14-11-5-6-12(14)8-7-11/h1-8H2. The van der Waals surface area contributed by atoms with E-state index >= 15 is 0 Å². The lowest BCUT2D eigenvalue weighted by Crippen LogP contribution is -2.43. The van der Waals surface area contributed by atoms with Gasteiger partial charge in [-0.15, -0.1) is 0 Å². The minimum absolute atomic E-state index is 0.248. The van der Waals surface area contributed by atoms with Crippen LogP contribution in [0.5, 0.6) is 0 Å². The predicted octanol–water partition coefficient (Wildman–Crippen LogP) is -1.70. The van der Waals surface area contributed by atoms with Gasteiger partial charge in [-0.05, 0) is 0 Å². The fourth-order valence-corrected chi connectivity index (χ4v) is 13.7. The van der Waals surface area contributed by atoms with E-state index < -0.39 is 0 Å². The van der Waals surface area contributed by atoms with Crippen molar-refractivity contribution in [3.05, 3.63) is 0 Å². The Kier molecular flexibility index (Phi) is 1.46. The first-order chi connectivity index (χ1) is 6.93. The Bertz CT molecular complexity index is 244. The van der Waals surface area contributed by atoms with Crippen molar-refractivity contribution in [1.82, 2.24) is 18.3 Å². The first-order valence-electron chi connectivity index (χ1n) is 5.67. The van der Waals surface area contributed by atoms with E-state index in [2.05, 4.69) is 18.3 Å². The molecule has 4 saturated heterocycles. The van der Waals surface area contributed by atoms with Gasteiger partial charge in [0.25, 0.3) is 16.4 Å². The van der Waals surface area contributed by atoms with E-state index in [-0.39, 0.29) is 16.4 Å². The Balaban J connectivity index is 1.82. The van der Waals surface area contributed by atoms with Crippen LogP contribution in [-0.2, 0) is 0 Å². The fraction of sp³-hybridized carbons (Fsp3) is 1.00. The molecule has 0 amide bonds. The van der Waals surface area contributed by atoms with Crippen molar-refractivity contribution in [3.63, 3.8) is 0 Å². The molecule has 0 spiro atoms. The maximum Gasteiger partial charge on any atom is 0.267 e. The first kappa shape index (κ1) is 7.87. The number of rotatable bonds is 0. The van der Waals surface area contributed by atoms with Crippen LogP contribution in [0.4, 0.5) is 0 Å². The predicted molar refractivity (Wildman–Crippen MR) is 57.8 cm³/mol. The first-order valence-corrected chi connectivity index (χ1v) is 9.46. The summed E-state index contributed by atoms with van der Waals surface area (Å²) in [6, 6.07) is 0. The molecule has 4 rings (SSSR count). The highest BCUT2D eigenvalue weighted by atomic mass is 28.9. The quantitative estimate of drug-likeness (QED) is 0.455. The number of nitrogens with zero attached hydrogens (tertiary/aromatic N) is 4. The molecule has 76 valence electrons. The lowest BCUT2D eigenvalue weighted by atomic mass is 10.4. The summed E-state index contributed by atoms with van der Waals surface area (Å²) in [5, 5.41) is 0. The second-order valence-electron chi connectivity index (χ2n) is 4.60. The molecule has 4 bridgehead atoms. The summed E-state index contributed by atoms with van der Waals surface area (Å²) in [6.45, 7) is 11.0. The third kappa shape index (κ3) is 0.837. The summed E-state index contributed by atoms with van der Waals surface area (Å²) in [4.78, 5) is 0. The molecular weight excluding hydrogens is 208 g/mol. The van der Waals surface area contributed by atoms with Crippen molar-refractivity contribution in [2.45, 2.75) is 0 Å². The van der Waals surface area contributed by atoms with Crippen molar-refractivity contribution in [1.29, 1.82) is 0 Å². The van der Waals surface area contributed by atoms with Gasteiger partial charge in [-0.25, -0.2) is 0 Å². The minimum atomic E-state index is -0.248. The van der Waals surface area contributed by atoms with E-state index in [4.69, 9.17) is 0 Å². The van der Waals surface area contributed by atoms with Crippen LogP contribution in [-0.4, -0.2) is 87.0 Å². The van der Waals surface area contributed by atoms with Gasteiger partial charge in [0, 0.05) is 52.4 Å².